The highest BCUT2D eigenvalue weighted by Gasteiger charge is 2.15. The van der Waals surface area contributed by atoms with E-state index in [2.05, 4.69) is 10.0 Å². The number of carbonyl (C=O) groups excluding carboxylic acids is 1. The topological polar surface area (TPSA) is 108 Å². The first-order valence-corrected chi connectivity index (χ1v) is 8.82. The number of hydrogen-bond donors (Lipinski definition) is 2. The Morgan fingerprint density at radius 2 is 1.76 bits per heavy atom. The van der Waals surface area contributed by atoms with Gasteiger partial charge in [-0.2, -0.15) is 5.26 Å². The average Bonchev–Trinajstić information content (AvgIpc) is 2.62. The van der Waals surface area contributed by atoms with Crippen molar-refractivity contribution >= 4 is 21.6 Å². The number of carbonyl (C=O) groups is 1. The standard InChI is InChI=1S/C17H17N3O4S/c1-24-15-6-8-16(9-7-15)25(22,23)19-12-17(21)20-14-4-2-13(3-5-14)10-11-18/h2-9,19H,10,12H2,1H3,(H,20,21). The number of nitriles is 1. The third-order valence-corrected chi connectivity index (χ3v) is 4.73. The minimum Gasteiger partial charge on any atom is -0.497 e. The Balaban J connectivity index is 1.92. The van der Waals surface area contributed by atoms with Gasteiger partial charge in [-0.15, -0.1) is 0 Å². The molecule has 0 radical (unpaired) electrons. The van der Waals surface area contributed by atoms with Crippen LogP contribution in [0.25, 0.3) is 0 Å². The molecule has 7 nitrogen and oxygen atoms in total. The number of hydrogen-bond acceptors (Lipinski definition) is 5. The van der Waals surface area contributed by atoms with Crippen molar-refractivity contribution in [3.05, 3.63) is 54.1 Å². The molecule has 2 rings (SSSR count). The number of benzene rings is 2. The molecule has 25 heavy (non-hydrogen) atoms. The summed E-state index contributed by atoms with van der Waals surface area (Å²) in [6.07, 6.45) is 0.288. The highest BCUT2D eigenvalue weighted by atomic mass is 32.2. The highest BCUT2D eigenvalue weighted by Crippen LogP contribution is 2.15. The summed E-state index contributed by atoms with van der Waals surface area (Å²) in [4.78, 5) is 11.9. The maximum absolute atomic E-state index is 12.1. The van der Waals surface area contributed by atoms with Gasteiger partial charge < -0.3 is 10.1 Å². The first kappa shape index (κ1) is 18.4. The molecule has 0 saturated heterocycles. The summed E-state index contributed by atoms with van der Waals surface area (Å²) in [6.45, 7) is -0.395. The maximum Gasteiger partial charge on any atom is 0.241 e. The normalized spacial score (nSPS) is 10.7. The Morgan fingerprint density at radius 3 is 2.32 bits per heavy atom. The average molecular weight is 359 g/mol. The fourth-order valence-electron chi connectivity index (χ4n) is 2.00. The van der Waals surface area contributed by atoms with Crippen LogP contribution in [0.2, 0.25) is 0 Å². The van der Waals surface area contributed by atoms with Crippen molar-refractivity contribution in [2.75, 3.05) is 19.0 Å². The van der Waals surface area contributed by atoms with Crippen LogP contribution >= 0.6 is 0 Å². The van der Waals surface area contributed by atoms with Gasteiger partial charge in [0, 0.05) is 5.69 Å². The highest BCUT2D eigenvalue weighted by molar-refractivity contribution is 7.89. The van der Waals surface area contributed by atoms with Crippen LogP contribution in [0.15, 0.2) is 53.4 Å². The molecule has 0 bridgehead atoms. The number of sulfonamides is 1. The van der Waals surface area contributed by atoms with E-state index in [1.54, 1.807) is 24.3 Å². The van der Waals surface area contributed by atoms with Crippen molar-refractivity contribution in [3.63, 3.8) is 0 Å². The molecule has 0 saturated carbocycles. The molecule has 8 heteroatoms. The van der Waals surface area contributed by atoms with Crippen LogP contribution < -0.4 is 14.8 Å². The van der Waals surface area contributed by atoms with E-state index in [0.717, 1.165) is 5.56 Å². The lowest BCUT2D eigenvalue weighted by Gasteiger charge is -2.09. The Hall–Kier alpha value is -2.89. The van der Waals surface area contributed by atoms with Gasteiger partial charge >= 0.3 is 0 Å². The van der Waals surface area contributed by atoms with Crippen LogP contribution in [0.1, 0.15) is 5.56 Å². The Labute approximate surface area is 146 Å². The second-order valence-electron chi connectivity index (χ2n) is 5.08. The molecule has 0 spiro atoms. The molecular formula is C17H17N3O4S. The van der Waals surface area contributed by atoms with Crippen LogP contribution in [0.4, 0.5) is 5.69 Å². The van der Waals surface area contributed by atoms with Gasteiger partial charge in [-0.25, -0.2) is 13.1 Å². The number of amides is 1. The lowest BCUT2D eigenvalue weighted by molar-refractivity contribution is -0.115. The lowest BCUT2D eigenvalue weighted by Crippen LogP contribution is -2.32. The van der Waals surface area contributed by atoms with Gasteiger partial charge in [-0.1, -0.05) is 12.1 Å². The van der Waals surface area contributed by atoms with Gasteiger partial charge in [-0.05, 0) is 42.0 Å². The summed E-state index contributed by atoms with van der Waals surface area (Å²) in [7, 11) is -2.30. The first-order valence-electron chi connectivity index (χ1n) is 7.34. The summed E-state index contributed by atoms with van der Waals surface area (Å²) in [5, 5.41) is 11.2. The molecule has 2 aromatic rings. The largest absolute Gasteiger partial charge is 0.497 e. The second-order valence-corrected chi connectivity index (χ2v) is 6.85. The molecule has 0 aliphatic carbocycles. The summed E-state index contributed by atoms with van der Waals surface area (Å²) >= 11 is 0. The van der Waals surface area contributed by atoms with Crippen LogP contribution in [0, 0.1) is 11.3 Å². The zero-order valence-corrected chi connectivity index (χ0v) is 14.3. The Morgan fingerprint density at radius 1 is 1.12 bits per heavy atom. The monoisotopic (exact) mass is 359 g/mol. The Kier molecular flexibility index (Phi) is 6.11. The molecule has 2 aromatic carbocycles. The molecule has 0 aliphatic rings. The van der Waals surface area contributed by atoms with Crippen molar-refractivity contribution in [2.45, 2.75) is 11.3 Å². The summed E-state index contributed by atoms with van der Waals surface area (Å²) in [5.74, 6) is 0.0432. The van der Waals surface area contributed by atoms with Crippen LogP contribution in [0.5, 0.6) is 5.75 Å². The van der Waals surface area contributed by atoms with Crippen LogP contribution in [-0.2, 0) is 21.2 Å². The lowest BCUT2D eigenvalue weighted by atomic mass is 10.1. The summed E-state index contributed by atoms with van der Waals surface area (Å²) < 4.78 is 31.5. The van der Waals surface area contributed by atoms with E-state index < -0.39 is 22.5 Å². The molecule has 130 valence electrons. The van der Waals surface area contributed by atoms with Crippen LogP contribution in [-0.4, -0.2) is 28.0 Å². The third kappa shape index (κ3) is 5.31. The number of nitrogens with one attached hydrogen (secondary N) is 2. The van der Waals surface area contributed by atoms with E-state index in [0.29, 0.717) is 11.4 Å². The van der Waals surface area contributed by atoms with E-state index in [4.69, 9.17) is 10.00 Å². The quantitative estimate of drug-likeness (QED) is 0.782. The number of rotatable bonds is 7. The van der Waals surface area contributed by atoms with Gasteiger partial charge in [0.25, 0.3) is 0 Å². The van der Waals surface area contributed by atoms with Crippen LogP contribution in [0.3, 0.4) is 0 Å². The van der Waals surface area contributed by atoms with Gasteiger partial charge in [0.1, 0.15) is 5.75 Å². The van der Waals surface area contributed by atoms with Crippen molar-refractivity contribution in [3.8, 4) is 11.8 Å². The molecule has 0 aromatic heterocycles. The van der Waals surface area contributed by atoms with E-state index in [-0.39, 0.29) is 11.3 Å². The van der Waals surface area contributed by atoms with Gasteiger partial charge in [0.2, 0.25) is 15.9 Å². The minimum atomic E-state index is -3.79. The van der Waals surface area contributed by atoms with Gasteiger partial charge in [0.15, 0.2) is 0 Å². The Bertz CT molecular complexity index is 870. The molecule has 0 unspecified atom stereocenters. The molecule has 0 aliphatic heterocycles. The zero-order valence-electron chi connectivity index (χ0n) is 13.5. The third-order valence-electron chi connectivity index (χ3n) is 3.31. The SMILES string of the molecule is COc1ccc(S(=O)(=O)NCC(=O)Nc2ccc(CC#N)cc2)cc1. The summed E-state index contributed by atoms with van der Waals surface area (Å²) in [6, 6.07) is 14.6. The van der Waals surface area contributed by atoms with Gasteiger partial charge in [-0.3, -0.25) is 4.79 Å². The van der Waals surface area contributed by atoms with E-state index in [1.165, 1.54) is 31.4 Å². The molecule has 0 fully saturated rings. The maximum atomic E-state index is 12.1. The zero-order chi connectivity index (χ0) is 18.3. The smallest absolute Gasteiger partial charge is 0.241 e. The number of nitrogens with zero attached hydrogens (tertiary/aromatic N) is 1. The predicted octanol–water partition coefficient (Wildman–Crippen LogP) is 1.68. The van der Waals surface area contributed by atoms with Gasteiger partial charge in [0.05, 0.1) is 31.0 Å². The van der Waals surface area contributed by atoms with E-state index in [9.17, 15) is 13.2 Å². The molecule has 2 N–H and O–H groups in total. The van der Waals surface area contributed by atoms with Crippen molar-refractivity contribution in [2.24, 2.45) is 0 Å². The van der Waals surface area contributed by atoms with Crippen molar-refractivity contribution in [1.29, 1.82) is 5.26 Å². The first-order chi connectivity index (χ1) is 11.9. The second kappa shape index (κ2) is 8.28. The van der Waals surface area contributed by atoms with E-state index in [1.807, 2.05) is 6.07 Å². The molecule has 0 atom stereocenters. The number of ether oxygens (including phenoxy) is 1. The predicted molar refractivity (Wildman–Crippen MR) is 92.6 cm³/mol. The molecular weight excluding hydrogens is 342 g/mol. The fraction of sp³-hybridized carbons (Fsp3) is 0.176. The fourth-order valence-corrected chi connectivity index (χ4v) is 2.98. The molecule has 1 amide bonds. The minimum absolute atomic E-state index is 0.0435. The number of methoxy groups -OCH3 is 1. The molecule has 0 heterocycles. The summed E-state index contributed by atoms with van der Waals surface area (Å²) in [5.41, 5.74) is 1.36. The van der Waals surface area contributed by atoms with E-state index >= 15 is 0 Å². The number of anilines is 1. The van der Waals surface area contributed by atoms with Crippen molar-refractivity contribution in [1.82, 2.24) is 4.72 Å². The van der Waals surface area contributed by atoms with Crippen molar-refractivity contribution < 1.29 is 17.9 Å².